The standard InChI is InChI=1S/C14H21ClN2O3.ClH/c1-17(2,3)8-9-19-10-11-20-14(18)16-13-6-4-12(15)5-7-13;/h4-7H,8-11H2,1-3H3;1H. The lowest BCUT2D eigenvalue weighted by atomic mass is 10.3. The molecule has 21 heavy (non-hydrogen) atoms. The minimum Gasteiger partial charge on any atom is -1.00 e. The molecule has 0 aliphatic heterocycles. The van der Waals surface area contributed by atoms with Gasteiger partial charge in [0.15, 0.2) is 0 Å². The van der Waals surface area contributed by atoms with Gasteiger partial charge in [0.1, 0.15) is 13.2 Å². The maximum atomic E-state index is 11.5. The second-order valence-electron chi connectivity index (χ2n) is 5.39. The highest BCUT2D eigenvalue weighted by Gasteiger charge is 2.06. The third-order valence-corrected chi connectivity index (χ3v) is 2.71. The van der Waals surface area contributed by atoms with Crippen molar-refractivity contribution in [2.24, 2.45) is 0 Å². The molecular weight excluding hydrogens is 315 g/mol. The number of carbonyl (C=O) groups is 1. The van der Waals surface area contributed by atoms with Crippen LogP contribution in [0.3, 0.4) is 0 Å². The average molecular weight is 337 g/mol. The van der Waals surface area contributed by atoms with Gasteiger partial charge in [-0.2, -0.15) is 0 Å². The summed E-state index contributed by atoms with van der Waals surface area (Å²) in [7, 11) is 6.29. The summed E-state index contributed by atoms with van der Waals surface area (Å²) in [6.45, 7) is 2.19. The molecule has 1 amide bonds. The number of anilines is 1. The molecule has 0 aromatic heterocycles. The first kappa shape index (κ1) is 20.0. The molecule has 0 aliphatic rings. The summed E-state index contributed by atoms with van der Waals surface area (Å²) in [6, 6.07) is 6.82. The molecule has 0 heterocycles. The van der Waals surface area contributed by atoms with Gasteiger partial charge in [0, 0.05) is 10.7 Å². The van der Waals surface area contributed by atoms with Gasteiger partial charge in [-0.05, 0) is 24.3 Å². The molecule has 0 bridgehead atoms. The van der Waals surface area contributed by atoms with Crippen molar-refractivity contribution in [1.29, 1.82) is 0 Å². The van der Waals surface area contributed by atoms with E-state index in [4.69, 9.17) is 21.1 Å². The van der Waals surface area contributed by atoms with Crippen LogP contribution in [0.25, 0.3) is 0 Å². The molecule has 0 radical (unpaired) electrons. The van der Waals surface area contributed by atoms with Gasteiger partial charge in [-0.15, -0.1) is 0 Å². The number of quaternary nitrogens is 1. The molecule has 5 nitrogen and oxygen atoms in total. The van der Waals surface area contributed by atoms with Gasteiger partial charge in [-0.1, -0.05) is 11.6 Å². The van der Waals surface area contributed by atoms with E-state index in [0.29, 0.717) is 23.9 Å². The number of nitrogens with zero attached hydrogens (tertiary/aromatic N) is 1. The third-order valence-electron chi connectivity index (χ3n) is 2.46. The van der Waals surface area contributed by atoms with E-state index in [0.717, 1.165) is 11.0 Å². The Morgan fingerprint density at radius 3 is 2.33 bits per heavy atom. The molecule has 1 aromatic carbocycles. The lowest BCUT2D eigenvalue weighted by molar-refractivity contribution is -0.870. The van der Waals surface area contributed by atoms with Crippen molar-refractivity contribution in [3.05, 3.63) is 29.3 Å². The molecule has 1 N–H and O–H groups in total. The predicted molar refractivity (Wildman–Crippen MR) is 80.1 cm³/mol. The van der Waals surface area contributed by atoms with Gasteiger partial charge in [-0.25, -0.2) is 4.79 Å². The number of rotatable bonds is 7. The molecule has 0 saturated carbocycles. The minimum absolute atomic E-state index is 0. The summed E-state index contributed by atoms with van der Waals surface area (Å²) in [6.07, 6.45) is -0.498. The van der Waals surface area contributed by atoms with Gasteiger partial charge in [-0.3, -0.25) is 5.32 Å². The van der Waals surface area contributed by atoms with Crippen LogP contribution in [-0.4, -0.2) is 58.1 Å². The maximum absolute atomic E-state index is 11.5. The third kappa shape index (κ3) is 10.4. The summed E-state index contributed by atoms with van der Waals surface area (Å²) in [5.41, 5.74) is 0.644. The molecule has 120 valence electrons. The van der Waals surface area contributed by atoms with E-state index in [-0.39, 0.29) is 19.0 Å². The number of likely N-dealkylation sites (N-methyl/N-ethyl adjacent to an activating group) is 1. The van der Waals surface area contributed by atoms with E-state index in [1.54, 1.807) is 24.3 Å². The first-order valence-corrected chi connectivity index (χ1v) is 6.82. The van der Waals surface area contributed by atoms with Crippen molar-refractivity contribution in [3.8, 4) is 0 Å². The zero-order chi connectivity index (χ0) is 15.0. The van der Waals surface area contributed by atoms with Crippen LogP contribution >= 0.6 is 11.6 Å². The van der Waals surface area contributed by atoms with Crippen LogP contribution < -0.4 is 17.7 Å². The molecule has 0 atom stereocenters. The molecule has 0 spiro atoms. The second-order valence-corrected chi connectivity index (χ2v) is 5.83. The van der Waals surface area contributed by atoms with Crippen LogP contribution in [0.5, 0.6) is 0 Å². The zero-order valence-electron chi connectivity index (χ0n) is 12.6. The van der Waals surface area contributed by atoms with Gasteiger partial charge in [0.05, 0.1) is 34.4 Å². The minimum atomic E-state index is -0.498. The van der Waals surface area contributed by atoms with Crippen LogP contribution in [-0.2, 0) is 9.47 Å². The highest BCUT2D eigenvalue weighted by molar-refractivity contribution is 6.30. The van der Waals surface area contributed by atoms with E-state index in [1.165, 1.54) is 0 Å². The number of benzene rings is 1. The lowest BCUT2D eigenvalue weighted by Gasteiger charge is -2.23. The van der Waals surface area contributed by atoms with Gasteiger partial charge in [0.25, 0.3) is 0 Å². The van der Waals surface area contributed by atoms with Crippen molar-refractivity contribution in [2.45, 2.75) is 0 Å². The number of halogens is 2. The Hall–Kier alpha value is -1.01. The summed E-state index contributed by atoms with van der Waals surface area (Å²) in [4.78, 5) is 11.5. The van der Waals surface area contributed by atoms with E-state index in [9.17, 15) is 4.79 Å². The highest BCUT2D eigenvalue weighted by Crippen LogP contribution is 2.13. The zero-order valence-corrected chi connectivity index (χ0v) is 14.1. The average Bonchev–Trinajstić information content (AvgIpc) is 2.35. The number of ether oxygens (including phenoxy) is 2. The van der Waals surface area contributed by atoms with E-state index in [1.807, 2.05) is 0 Å². The molecular formula is C14H22Cl2N2O3. The lowest BCUT2D eigenvalue weighted by Crippen LogP contribution is -3.00. The summed E-state index contributed by atoms with van der Waals surface area (Å²) >= 11 is 5.75. The summed E-state index contributed by atoms with van der Waals surface area (Å²) in [5.74, 6) is 0. The normalized spacial score (nSPS) is 10.7. The van der Waals surface area contributed by atoms with Crippen molar-refractivity contribution in [1.82, 2.24) is 0 Å². The number of carbonyl (C=O) groups excluding carboxylic acids is 1. The molecule has 1 rings (SSSR count). The molecule has 7 heteroatoms. The monoisotopic (exact) mass is 336 g/mol. The number of amides is 1. The molecule has 0 saturated heterocycles. The van der Waals surface area contributed by atoms with E-state index in [2.05, 4.69) is 26.5 Å². The van der Waals surface area contributed by atoms with Crippen molar-refractivity contribution < 1.29 is 31.2 Å². The van der Waals surface area contributed by atoms with Crippen LogP contribution in [0.4, 0.5) is 10.5 Å². The Labute approximate surface area is 137 Å². The predicted octanol–water partition coefficient (Wildman–Crippen LogP) is -0.385. The first-order chi connectivity index (χ1) is 9.37. The molecule has 0 unspecified atom stereocenters. The van der Waals surface area contributed by atoms with Crippen LogP contribution in [0.1, 0.15) is 0 Å². The van der Waals surface area contributed by atoms with Gasteiger partial charge in [0.2, 0.25) is 0 Å². The van der Waals surface area contributed by atoms with Crippen molar-refractivity contribution in [2.75, 3.05) is 52.8 Å². The fourth-order valence-electron chi connectivity index (χ4n) is 1.32. The van der Waals surface area contributed by atoms with Crippen LogP contribution in [0, 0.1) is 0 Å². The largest absolute Gasteiger partial charge is 1.00 e. The number of nitrogens with one attached hydrogen (secondary N) is 1. The Morgan fingerprint density at radius 2 is 1.76 bits per heavy atom. The highest BCUT2D eigenvalue weighted by atomic mass is 35.5. The van der Waals surface area contributed by atoms with Crippen molar-refractivity contribution in [3.63, 3.8) is 0 Å². The van der Waals surface area contributed by atoms with Crippen molar-refractivity contribution >= 4 is 23.4 Å². The smallest absolute Gasteiger partial charge is 0.411 e. The van der Waals surface area contributed by atoms with Crippen LogP contribution in [0.2, 0.25) is 5.02 Å². The number of hydrogen-bond acceptors (Lipinski definition) is 3. The number of hydrogen-bond donors (Lipinski definition) is 1. The SMILES string of the molecule is C[N+](C)(C)CCOCCOC(=O)Nc1ccc(Cl)cc1.[Cl-]. The van der Waals surface area contributed by atoms with Crippen LogP contribution in [0.15, 0.2) is 24.3 Å². The Morgan fingerprint density at radius 1 is 1.14 bits per heavy atom. The van der Waals surface area contributed by atoms with E-state index >= 15 is 0 Å². The fourth-order valence-corrected chi connectivity index (χ4v) is 1.45. The first-order valence-electron chi connectivity index (χ1n) is 6.44. The Balaban J connectivity index is 0.00000400. The van der Waals surface area contributed by atoms with E-state index < -0.39 is 6.09 Å². The quantitative estimate of drug-likeness (QED) is 0.545. The maximum Gasteiger partial charge on any atom is 0.411 e. The Bertz CT molecular complexity index is 419. The van der Waals surface area contributed by atoms with Gasteiger partial charge >= 0.3 is 6.09 Å². The molecule has 1 aromatic rings. The Kier molecular flexibility index (Phi) is 9.37. The summed E-state index contributed by atoms with van der Waals surface area (Å²) in [5, 5.41) is 3.23. The topological polar surface area (TPSA) is 47.6 Å². The van der Waals surface area contributed by atoms with Gasteiger partial charge < -0.3 is 26.4 Å². The second kappa shape index (κ2) is 9.84. The molecule has 0 aliphatic carbocycles. The summed E-state index contributed by atoms with van der Waals surface area (Å²) < 4.78 is 11.2. The molecule has 0 fully saturated rings. The fraction of sp³-hybridized carbons (Fsp3) is 0.500.